The molecular weight excluding hydrogens is 330 g/mol. The zero-order valence-corrected chi connectivity index (χ0v) is 15.1. The maximum Gasteiger partial charge on any atom is 0.258 e. The Labute approximate surface area is 153 Å². The van der Waals surface area contributed by atoms with Gasteiger partial charge in [0.15, 0.2) is 0 Å². The molecule has 3 aliphatic rings. The minimum atomic E-state index is -0.394. The number of aromatic nitrogens is 1. The fourth-order valence-electron chi connectivity index (χ4n) is 4.94. The van der Waals surface area contributed by atoms with Crippen molar-refractivity contribution in [2.45, 2.75) is 57.3 Å². The number of hydrogen-bond acceptors (Lipinski definition) is 4. The molecule has 4 rings (SSSR count). The number of aliphatic hydroxyl groups is 1. The van der Waals surface area contributed by atoms with Crippen LogP contribution < -0.4 is 16.2 Å². The highest BCUT2D eigenvalue weighted by Crippen LogP contribution is 2.42. The lowest BCUT2D eigenvalue weighted by Gasteiger charge is -2.23. The van der Waals surface area contributed by atoms with E-state index in [0.717, 1.165) is 18.5 Å². The molecule has 2 fully saturated rings. The molecular formula is C20H27N3O3. The van der Waals surface area contributed by atoms with Crippen molar-refractivity contribution in [3.63, 3.8) is 0 Å². The molecule has 1 saturated heterocycles. The van der Waals surface area contributed by atoms with Crippen LogP contribution >= 0.6 is 0 Å². The van der Waals surface area contributed by atoms with Gasteiger partial charge < -0.3 is 15.0 Å². The Morgan fingerprint density at radius 1 is 1.38 bits per heavy atom. The summed E-state index contributed by atoms with van der Waals surface area (Å²) in [5, 5.41) is 16.5. The molecule has 3 heterocycles. The van der Waals surface area contributed by atoms with E-state index in [-0.39, 0.29) is 42.0 Å². The molecule has 1 aromatic rings. The summed E-state index contributed by atoms with van der Waals surface area (Å²) < 4.78 is 1.80. The maximum atomic E-state index is 12.8. The number of aliphatic hydroxyl groups excluding tert-OH is 1. The number of fused-ring (bicyclic) bond motifs is 3. The van der Waals surface area contributed by atoms with Crippen molar-refractivity contribution in [1.29, 1.82) is 0 Å². The van der Waals surface area contributed by atoms with Crippen molar-refractivity contribution in [1.82, 2.24) is 15.2 Å². The van der Waals surface area contributed by atoms with Gasteiger partial charge in [-0.05, 0) is 31.9 Å². The molecule has 26 heavy (non-hydrogen) atoms. The van der Waals surface area contributed by atoms with Crippen molar-refractivity contribution in [3.8, 4) is 0 Å². The van der Waals surface area contributed by atoms with Crippen LogP contribution in [0, 0.1) is 11.8 Å². The predicted molar refractivity (Wildman–Crippen MR) is 99.5 cm³/mol. The van der Waals surface area contributed by atoms with Crippen LogP contribution in [0.1, 0.15) is 49.9 Å². The lowest BCUT2D eigenvalue weighted by molar-refractivity contribution is -0.125. The quantitative estimate of drug-likeness (QED) is 0.756. The van der Waals surface area contributed by atoms with Crippen LogP contribution in [-0.4, -0.2) is 34.3 Å². The number of pyridine rings is 1. The number of nitrogens with zero attached hydrogens (tertiary/aromatic N) is 1. The van der Waals surface area contributed by atoms with Gasteiger partial charge in [-0.2, -0.15) is 0 Å². The largest absolute Gasteiger partial charge is 0.396 e. The number of rotatable bonds is 4. The second-order valence-corrected chi connectivity index (χ2v) is 7.75. The minimum Gasteiger partial charge on any atom is -0.396 e. The van der Waals surface area contributed by atoms with Crippen LogP contribution in [0.25, 0.3) is 6.08 Å². The van der Waals surface area contributed by atoms with E-state index in [1.807, 2.05) is 31.2 Å². The molecule has 0 spiro atoms. The first-order chi connectivity index (χ1) is 12.6. The summed E-state index contributed by atoms with van der Waals surface area (Å²) in [5.74, 6) is -0.122. The predicted octanol–water partition coefficient (Wildman–Crippen LogP) is 1.19. The summed E-state index contributed by atoms with van der Waals surface area (Å²) in [5.41, 5.74) is 1.59. The maximum absolute atomic E-state index is 12.8. The van der Waals surface area contributed by atoms with Crippen molar-refractivity contribution < 1.29 is 9.90 Å². The van der Waals surface area contributed by atoms with Gasteiger partial charge in [-0.25, -0.2) is 0 Å². The molecule has 3 N–H and O–H groups in total. The van der Waals surface area contributed by atoms with Gasteiger partial charge >= 0.3 is 0 Å². The van der Waals surface area contributed by atoms with Crippen LogP contribution in [0.4, 0.5) is 0 Å². The Morgan fingerprint density at radius 3 is 2.85 bits per heavy atom. The van der Waals surface area contributed by atoms with Gasteiger partial charge in [0.2, 0.25) is 5.91 Å². The van der Waals surface area contributed by atoms with Crippen molar-refractivity contribution in [3.05, 3.63) is 39.8 Å². The summed E-state index contributed by atoms with van der Waals surface area (Å²) in [6.07, 6.45) is 8.10. The second kappa shape index (κ2) is 7.00. The van der Waals surface area contributed by atoms with Gasteiger partial charge in [0.1, 0.15) is 0 Å². The normalized spacial score (nSPS) is 30.7. The third-order valence-corrected chi connectivity index (χ3v) is 6.26. The molecule has 2 aliphatic heterocycles. The van der Waals surface area contributed by atoms with E-state index in [4.69, 9.17) is 0 Å². The topological polar surface area (TPSA) is 83.4 Å². The molecule has 0 radical (unpaired) electrons. The first-order valence-electron chi connectivity index (χ1n) is 9.67. The van der Waals surface area contributed by atoms with Crippen molar-refractivity contribution in [2.75, 3.05) is 6.61 Å². The van der Waals surface area contributed by atoms with Crippen molar-refractivity contribution >= 4 is 12.0 Å². The summed E-state index contributed by atoms with van der Waals surface area (Å²) in [6.45, 7) is 2.39. The van der Waals surface area contributed by atoms with Crippen LogP contribution in [0.3, 0.4) is 0 Å². The molecule has 4 atom stereocenters. The summed E-state index contributed by atoms with van der Waals surface area (Å²) in [4.78, 5) is 25.4. The van der Waals surface area contributed by atoms with Gasteiger partial charge in [0.25, 0.3) is 5.56 Å². The molecule has 6 nitrogen and oxygen atoms in total. The average Bonchev–Trinajstić information content (AvgIpc) is 3.32. The van der Waals surface area contributed by atoms with Crippen LogP contribution in [0.5, 0.6) is 0 Å². The van der Waals surface area contributed by atoms with E-state index >= 15 is 0 Å². The van der Waals surface area contributed by atoms with E-state index in [9.17, 15) is 14.7 Å². The Balaban J connectivity index is 1.57. The molecule has 1 amide bonds. The van der Waals surface area contributed by atoms with E-state index in [1.54, 1.807) is 4.57 Å². The highest BCUT2D eigenvalue weighted by molar-refractivity contribution is 5.83. The molecule has 1 aliphatic carbocycles. The fourth-order valence-corrected chi connectivity index (χ4v) is 4.94. The first kappa shape index (κ1) is 17.5. The fraction of sp³-hybridized carbons (Fsp3) is 0.600. The van der Waals surface area contributed by atoms with E-state index in [1.165, 1.54) is 12.8 Å². The molecule has 1 aromatic heterocycles. The van der Waals surface area contributed by atoms with Gasteiger partial charge in [0, 0.05) is 42.3 Å². The standard InChI is InChI=1S/C20H27N3O3/c1-2-5-12-8-9-16-17-14(10-23(16)20(12)26)15(11-24)18(22-17)19(25)21-13-6-3-4-7-13/h2,5,8-9,13-15,17-18,22,24H,3-4,6-7,10-11H2,1H3,(H,21,25)/b5-2-/t14-,15-,17+,18-/m1/s1. The molecule has 1 saturated carbocycles. The summed E-state index contributed by atoms with van der Waals surface area (Å²) >= 11 is 0. The highest BCUT2D eigenvalue weighted by atomic mass is 16.3. The monoisotopic (exact) mass is 357 g/mol. The summed E-state index contributed by atoms with van der Waals surface area (Å²) in [7, 11) is 0. The molecule has 140 valence electrons. The molecule has 0 aromatic carbocycles. The van der Waals surface area contributed by atoms with Gasteiger partial charge in [-0.3, -0.25) is 14.9 Å². The van der Waals surface area contributed by atoms with Crippen LogP contribution in [-0.2, 0) is 11.3 Å². The molecule has 6 heteroatoms. The number of amides is 1. The summed E-state index contributed by atoms with van der Waals surface area (Å²) in [6, 6.07) is 3.63. The number of hydrogen-bond donors (Lipinski definition) is 3. The molecule has 0 bridgehead atoms. The van der Waals surface area contributed by atoms with Gasteiger partial charge in [0.05, 0.1) is 12.1 Å². The van der Waals surface area contributed by atoms with Crippen LogP contribution in [0.15, 0.2) is 23.0 Å². The Bertz CT molecular complexity index is 779. The third kappa shape index (κ3) is 2.81. The average molecular weight is 357 g/mol. The Hall–Kier alpha value is -1.92. The van der Waals surface area contributed by atoms with Crippen molar-refractivity contribution in [2.24, 2.45) is 11.8 Å². The first-order valence-corrected chi connectivity index (χ1v) is 9.67. The number of carbonyl (C=O) groups excluding carboxylic acids is 1. The smallest absolute Gasteiger partial charge is 0.258 e. The van der Waals surface area contributed by atoms with E-state index < -0.39 is 6.04 Å². The highest BCUT2D eigenvalue weighted by Gasteiger charge is 2.50. The second-order valence-electron chi connectivity index (χ2n) is 7.75. The van der Waals surface area contributed by atoms with E-state index in [2.05, 4.69) is 10.6 Å². The zero-order valence-electron chi connectivity index (χ0n) is 15.1. The number of allylic oxidation sites excluding steroid dienone is 1. The van der Waals surface area contributed by atoms with Gasteiger partial charge in [-0.15, -0.1) is 0 Å². The zero-order chi connectivity index (χ0) is 18.3. The Morgan fingerprint density at radius 2 is 2.15 bits per heavy atom. The SMILES string of the molecule is C/C=C\c1ccc2n(c1=O)C[C@@H]1[C@@H](CO)[C@H](C(=O)NC3CCCC3)N[C@H]21. The third-order valence-electron chi connectivity index (χ3n) is 6.26. The number of carbonyl (C=O) groups is 1. The Kier molecular flexibility index (Phi) is 4.71. The van der Waals surface area contributed by atoms with Crippen LogP contribution in [0.2, 0.25) is 0 Å². The molecule has 0 unspecified atom stereocenters. The lowest BCUT2D eigenvalue weighted by atomic mass is 9.88. The van der Waals surface area contributed by atoms with E-state index in [0.29, 0.717) is 12.1 Å². The minimum absolute atomic E-state index is 0.000414. The lowest BCUT2D eigenvalue weighted by Crippen LogP contribution is -2.48. The van der Waals surface area contributed by atoms with Gasteiger partial charge in [-0.1, -0.05) is 25.0 Å². The number of nitrogens with one attached hydrogen (secondary N) is 2.